The number of nitrogens with one attached hydrogen (secondary N) is 1. The number of halogens is 2. The molecule has 1 fully saturated rings. The fraction of sp³-hybridized carbons (Fsp3) is 0.200. The first-order valence-electron chi connectivity index (χ1n) is 8.50. The Labute approximate surface area is 173 Å². The molecule has 0 spiro atoms. The Morgan fingerprint density at radius 1 is 1.19 bits per heavy atom. The molecule has 1 aliphatic heterocycles. The van der Waals surface area contributed by atoms with E-state index in [2.05, 4.69) is 5.32 Å². The molecule has 0 saturated carbocycles. The molecule has 1 heterocycles. The van der Waals surface area contributed by atoms with Crippen molar-refractivity contribution in [2.24, 2.45) is 0 Å². The number of benzene rings is 2. The topological polar surface area (TPSA) is 41.6 Å². The van der Waals surface area contributed by atoms with Gasteiger partial charge in [0.1, 0.15) is 18.1 Å². The average molecular weight is 421 g/mol. The lowest BCUT2D eigenvalue weighted by Crippen LogP contribution is -2.31. The van der Waals surface area contributed by atoms with Gasteiger partial charge in [0, 0.05) is 17.1 Å². The first-order valence-corrected chi connectivity index (χ1v) is 9.66. The van der Waals surface area contributed by atoms with E-state index >= 15 is 0 Å². The normalized spacial score (nSPS) is 15.4. The van der Waals surface area contributed by atoms with Crippen molar-refractivity contribution in [2.75, 3.05) is 6.54 Å². The summed E-state index contributed by atoms with van der Waals surface area (Å²) in [4.78, 5) is 14.0. The molecule has 0 radical (unpaired) electrons. The molecular weight excluding hydrogens is 403 g/mol. The fourth-order valence-corrected chi connectivity index (χ4v) is 3.38. The molecule has 3 rings (SSSR count). The molecule has 0 unspecified atom stereocenters. The van der Waals surface area contributed by atoms with Crippen LogP contribution >= 0.6 is 35.4 Å². The molecule has 1 amide bonds. The molecular formula is C20H18Cl2N2O2S. The molecule has 1 aliphatic rings. The summed E-state index contributed by atoms with van der Waals surface area (Å²) in [6.07, 6.45) is 2.57. The second kappa shape index (κ2) is 8.74. The molecule has 2 aromatic carbocycles. The van der Waals surface area contributed by atoms with Gasteiger partial charge in [-0.05, 0) is 48.5 Å². The van der Waals surface area contributed by atoms with Crippen LogP contribution in [0, 0.1) is 0 Å². The van der Waals surface area contributed by atoms with Gasteiger partial charge in [0.25, 0.3) is 5.91 Å². The maximum Gasteiger partial charge on any atom is 0.276 e. The van der Waals surface area contributed by atoms with Gasteiger partial charge in [0.15, 0.2) is 5.11 Å². The Balaban J connectivity index is 1.72. The van der Waals surface area contributed by atoms with Crippen LogP contribution in [0.2, 0.25) is 10.0 Å². The lowest BCUT2D eigenvalue weighted by molar-refractivity contribution is -0.122. The summed E-state index contributed by atoms with van der Waals surface area (Å²) < 4.78 is 5.77. The molecule has 1 saturated heterocycles. The van der Waals surface area contributed by atoms with Crippen LogP contribution in [-0.4, -0.2) is 22.5 Å². The van der Waals surface area contributed by atoms with Crippen molar-refractivity contribution in [1.82, 2.24) is 10.2 Å². The van der Waals surface area contributed by atoms with Crippen molar-refractivity contribution in [2.45, 2.75) is 20.0 Å². The number of carbonyl (C=O) groups is 1. The van der Waals surface area contributed by atoms with Gasteiger partial charge in [-0.15, -0.1) is 0 Å². The van der Waals surface area contributed by atoms with Gasteiger partial charge in [-0.25, -0.2) is 0 Å². The third-order valence-electron chi connectivity index (χ3n) is 4.02. The van der Waals surface area contributed by atoms with Crippen molar-refractivity contribution >= 4 is 52.5 Å². The van der Waals surface area contributed by atoms with Crippen molar-refractivity contribution in [1.29, 1.82) is 0 Å². The summed E-state index contributed by atoms with van der Waals surface area (Å²) >= 11 is 17.7. The smallest absolute Gasteiger partial charge is 0.276 e. The summed E-state index contributed by atoms with van der Waals surface area (Å²) in [6.45, 7) is 2.91. The lowest BCUT2D eigenvalue weighted by Gasteiger charge is -2.11. The highest BCUT2D eigenvalue weighted by Crippen LogP contribution is 2.28. The molecule has 2 aromatic rings. The fourth-order valence-electron chi connectivity index (χ4n) is 2.66. The summed E-state index contributed by atoms with van der Waals surface area (Å²) in [7, 11) is 0. The lowest BCUT2D eigenvalue weighted by atomic mass is 10.1. The van der Waals surface area contributed by atoms with Crippen molar-refractivity contribution in [3.63, 3.8) is 0 Å². The molecule has 0 atom stereocenters. The van der Waals surface area contributed by atoms with Crippen LogP contribution in [0.4, 0.5) is 0 Å². The third-order valence-corrected chi connectivity index (χ3v) is 5.00. The van der Waals surface area contributed by atoms with Crippen LogP contribution < -0.4 is 10.1 Å². The molecule has 0 aromatic heterocycles. The number of ether oxygens (including phenoxy) is 1. The quantitative estimate of drug-likeness (QED) is 0.524. The highest BCUT2D eigenvalue weighted by atomic mass is 35.5. The molecule has 7 heteroatoms. The van der Waals surface area contributed by atoms with Crippen LogP contribution in [0.15, 0.2) is 48.2 Å². The van der Waals surface area contributed by atoms with Crippen LogP contribution in [0.1, 0.15) is 24.5 Å². The molecule has 140 valence electrons. The summed E-state index contributed by atoms with van der Waals surface area (Å²) in [5, 5.41) is 4.48. The predicted molar refractivity (Wildman–Crippen MR) is 113 cm³/mol. The Bertz CT molecular complexity index is 915. The zero-order valence-electron chi connectivity index (χ0n) is 14.7. The van der Waals surface area contributed by atoms with Gasteiger partial charge in [-0.3, -0.25) is 9.69 Å². The summed E-state index contributed by atoms with van der Waals surface area (Å²) in [6, 6.07) is 12.8. The van der Waals surface area contributed by atoms with Crippen molar-refractivity contribution < 1.29 is 9.53 Å². The number of carbonyl (C=O) groups excluding carboxylic acids is 1. The first kappa shape index (κ1) is 19.7. The van der Waals surface area contributed by atoms with Gasteiger partial charge >= 0.3 is 0 Å². The van der Waals surface area contributed by atoms with Gasteiger partial charge in [0.05, 0.1) is 5.02 Å². The standard InChI is InChI=1S/C20H18Cl2N2O2S/c1-2-9-24-19(25)17(23-20(24)27)11-13-7-8-18(16(22)10-13)26-12-14-5-3-4-6-15(14)21/h3-8,10-11H,2,9,12H2,1H3,(H,23,27)/b17-11-. The van der Waals surface area contributed by atoms with E-state index in [4.69, 9.17) is 40.2 Å². The molecule has 27 heavy (non-hydrogen) atoms. The largest absolute Gasteiger partial charge is 0.487 e. The highest BCUT2D eigenvalue weighted by molar-refractivity contribution is 7.80. The Hall–Kier alpha value is -2.08. The Morgan fingerprint density at radius 2 is 1.96 bits per heavy atom. The van der Waals surface area contributed by atoms with Gasteiger partial charge in [-0.2, -0.15) is 0 Å². The maximum atomic E-state index is 12.4. The number of nitrogens with zero attached hydrogens (tertiary/aromatic N) is 1. The van der Waals surface area contributed by atoms with E-state index < -0.39 is 0 Å². The first-order chi connectivity index (χ1) is 13.0. The second-order valence-electron chi connectivity index (χ2n) is 6.01. The van der Waals surface area contributed by atoms with Crippen LogP contribution in [0.3, 0.4) is 0 Å². The SMILES string of the molecule is CCCN1C(=O)/C(=C/c2ccc(OCc3ccccc3Cl)c(Cl)c2)NC1=S. The Morgan fingerprint density at radius 3 is 2.67 bits per heavy atom. The molecule has 0 aliphatic carbocycles. The number of hydrogen-bond donors (Lipinski definition) is 1. The zero-order chi connectivity index (χ0) is 19.4. The minimum absolute atomic E-state index is 0.128. The van der Waals surface area contributed by atoms with E-state index in [0.717, 1.165) is 17.5 Å². The van der Waals surface area contributed by atoms with E-state index in [-0.39, 0.29) is 5.91 Å². The van der Waals surface area contributed by atoms with E-state index in [0.29, 0.717) is 39.8 Å². The Kier molecular flexibility index (Phi) is 6.37. The molecule has 1 N–H and O–H groups in total. The minimum atomic E-state index is -0.128. The number of amides is 1. The third kappa shape index (κ3) is 4.61. The van der Waals surface area contributed by atoms with E-state index in [9.17, 15) is 4.79 Å². The number of thiocarbonyl (C=S) groups is 1. The molecule has 4 nitrogen and oxygen atoms in total. The zero-order valence-corrected chi connectivity index (χ0v) is 17.0. The van der Waals surface area contributed by atoms with Crippen LogP contribution in [0.5, 0.6) is 5.75 Å². The average Bonchev–Trinajstić information content (AvgIpc) is 2.90. The minimum Gasteiger partial charge on any atom is -0.487 e. The van der Waals surface area contributed by atoms with Crippen molar-refractivity contribution in [3.8, 4) is 5.75 Å². The van der Waals surface area contributed by atoms with Crippen LogP contribution in [0.25, 0.3) is 6.08 Å². The summed E-state index contributed by atoms with van der Waals surface area (Å²) in [5.41, 5.74) is 2.10. The monoisotopic (exact) mass is 420 g/mol. The van der Waals surface area contributed by atoms with Gasteiger partial charge in [-0.1, -0.05) is 54.4 Å². The van der Waals surface area contributed by atoms with Crippen LogP contribution in [-0.2, 0) is 11.4 Å². The van der Waals surface area contributed by atoms with E-state index in [1.807, 2.05) is 37.3 Å². The predicted octanol–water partition coefficient (Wildman–Crippen LogP) is 5.04. The van der Waals surface area contributed by atoms with E-state index in [1.165, 1.54) is 0 Å². The number of rotatable bonds is 6. The highest BCUT2D eigenvalue weighted by Gasteiger charge is 2.29. The van der Waals surface area contributed by atoms with Crippen molar-refractivity contribution in [3.05, 3.63) is 69.3 Å². The molecule has 0 bridgehead atoms. The van der Waals surface area contributed by atoms with Gasteiger partial charge < -0.3 is 10.1 Å². The number of hydrogen-bond acceptors (Lipinski definition) is 3. The van der Waals surface area contributed by atoms with Gasteiger partial charge in [0.2, 0.25) is 0 Å². The summed E-state index contributed by atoms with van der Waals surface area (Å²) in [5.74, 6) is 0.421. The second-order valence-corrected chi connectivity index (χ2v) is 7.22. The van der Waals surface area contributed by atoms with E-state index in [1.54, 1.807) is 23.1 Å². The maximum absolute atomic E-state index is 12.4.